The number of nitrogens with zero attached hydrogens (tertiary/aromatic N) is 4. The summed E-state index contributed by atoms with van der Waals surface area (Å²) in [4.78, 5) is 16.2. The summed E-state index contributed by atoms with van der Waals surface area (Å²) < 4.78 is 8.40. The molecule has 1 amide bonds. The minimum Gasteiger partial charge on any atom is -0.362 e. The van der Waals surface area contributed by atoms with Gasteiger partial charge in [0, 0.05) is 32.2 Å². The predicted octanol–water partition coefficient (Wildman–Crippen LogP) is 1.59. The van der Waals surface area contributed by atoms with Crippen molar-refractivity contribution in [3.8, 4) is 0 Å². The maximum absolute atomic E-state index is 12.1. The molecule has 0 atom stereocenters. The van der Waals surface area contributed by atoms with Gasteiger partial charge in [0.05, 0.1) is 0 Å². The van der Waals surface area contributed by atoms with E-state index < -0.39 is 0 Å². The van der Waals surface area contributed by atoms with E-state index in [1.54, 1.807) is 30.3 Å². The molecule has 0 aliphatic heterocycles. The maximum Gasteiger partial charge on any atom is 0.278 e. The lowest BCUT2D eigenvalue weighted by Gasteiger charge is -2.10. The molecule has 0 spiro atoms. The molecule has 0 aromatic carbocycles. The number of carbonyl (C=O) groups is 1. The number of ether oxygens (including phenoxy) is 1. The molecule has 0 aliphatic rings. The summed E-state index contributed by atoms with van der Waals surface area (Å²) in [5.41, 5.74) is 0.334. The standard InChI is InChI=1S/C13H19N5O2/c1-10(2)8-17-7-5-14-13(17)15-12(19)11-4-6-18(16-11)9-20-3/h4-7,10H,8-9H2,1-3H3,(H,14,15,19). The molecule has 7 nitrogen and oxygen atoms in total. The smallest absolute Gasteiger partial charge is 0.278 e. The van der Waals surface area contributed by atoms with E-state index in [1.807, 2.05) is 10.8 Å². The van der Waals surface area contributed by atoms with E-state index in [1.165, 1.54) is 0 Å². The van der Waals surface area contributed by atoms with Crippen molar-refractivity contribution in [1.82, 2.24) is 19.3 Å². The van der Waals surface area contributed by atoms with Gasteiger partial charge in [-0.3, -0.25) is 10.1 Å². The monoisotopic (exact) mass is 277 g/mol. The van der Waals surface area contributed by atoms with Gasteiger partial charge >= 0.3 is 0 Å². The van der Waals surface area contributed by atoms with Crippen molar-refractivity contribution in [2.24, 2.45) is 5.92 Å². The first-order chi connectivity index (χ1) is 9.60. The second-order valence-corrected chi connectivity index (χ2v) is 4.91. The van der Waals surface area contributed by atoms with Crippen molar-refractivity contribution < 1.29 is 9.53 Å². The van der Waals surface area contributed by atoms with Crippen LogP contribution in [0.2, 0.25) is 0 Å². The molecule has 2 heterocycles. The van der Waals surface area contributed by atoms with E-state index in [0.29, 0.717) is 24.3 Å². The Labute approximate surface area is 117 Å². The molecule has 1 N–H and O–H groups in total. The number of amides is 1. The predicted molar refractivity (Wildman–Crippen MR) is 74.3 cm³/mol. The Kier molecular flexibility index (Phi) is 4.52. The third kappa shape index (κ3) is 3.45. The molecule has 0 saturated carbocycles. The van der Waals surface area contributed by atoms with Crippen molar-refractivity contribution >= 4 is 11.9 Å². The number of anilines is 1. The van der Waals surface area contributed by atoms with Crippen LogP contribution in [0.5, 0.6) is 0 Å². The quantitative estimate of drug-likeness (QED) is 0.870. The van der Waals surface area contributed by atoms with Gasteiger partial charge in [-0.25, -0.2) is 9.67 Å². The minimum absolute atomic E-state index is 0.281. The van der Waals surface area contributed by atoms with Crippen molar-refractivity contribution in [2.75, 3.05) is 12.4 Å². The highest BCUT2D eigenvalue weighted by Crippen LogP contribution is 2.09. The summed E-state index contributed by atoms with van der Waals surface area (Å²) >= 11 is 0. The Morgan fingerprint density at radius 3 is 2.95 bits per heavy atom. The van der Waals surface area contributed by atoms with Crippen LogP contribution in [0, 0.1) is 5.92 Å². The average molecular weight is 277 g/mol. The average Bonchev–Trinajstić information content (AvgIpc) is 2.99. The first-order valence-corrected chi connectivity index (χ1v) is 6.45. The number of methoxy groups -OCH3 is 1. The molecular weight excluding hydrogens is 258 g/mol. The lowest BCUT2D eigenvalue weighted by atomic mass is 10.2. The summed E-state index contributed by atoms with van der Waals surface area (Å²) in [5, 5.41) is 6.88. The molecule has 0 unspecified atom stereocenters. The molecule has 20 heavy (non-hydrogen) atoms. The van der Waals surface area contributed by atoms with Gasteiger partial charge in [0.1, 0.15) is 6.73 Å². The number of hydrogen-bond donors (Lipinski definition) is 1. The largest absolute Gasteiger partial charge is 0.362 e. The van der Waals surface area contributed by atoms with E-state index in [0.717, 1.165) is 6.54 Å². The summed E-state index contributed by atoms with van der Waals surface area (Å²) in [6.07, 6.45) is 5.21. The van der Waals surface area contributed by atoms with Crippen LogP contribution in [0.4, 0.5) is 5.95 Å². The lowest BCUT2D eigenvalue weighted by Crippen LogP contribution is -2.18. The van der Waals surface area contributed by atoms with Gasteiger partial charge in [0.15, 0.2) is 5.69 Å². The van der Waals surface area contributed by atoms with Crippen LogP contribution in [0.1, 0.15) is 24.3 Å². The zero-order valence-electron chi connectivity index (χ0n) is 11.9. The van der Waals surface area contributed by atoms with Crippen molar-refractivity contribution in [3.05, 3.63) is 30.4 Å². The van der Waals surface area contributed by atoms with Gasteiger partial charge in [0.2, 0.25) is 5.95 Å². The Morgan fingerprint density at radius 2 is 2.25 bits per heavy atom. The van der Waals surface area contributed by atoms with Gasteiger partial charge in [-0.2, -0.15) is 5.10 Å². The number of aromatic nitrogens is 4. The van der Waals surface area contributed by atoms with Crippen LogP contribution in [0.3, 0.4) is 0 Å². The number of hydrogen-bond acceptors (Lipinski definition) is 4. The van der Waals surface area contributed by atoms with Crippen molar-refractivity contribution in [1.29, 1.82) is 0 Å². The number of carbonyl (C=O) groups excluding carboxylic acids is 1. The Bertz CT molecular complexity index is 573. The molecule has 0 radical (unpaired) electrons. The van der Waals surface area contributed by atoms with Crippen LogP contribution in [-0.4, -0.2) is 32.3 Å². The molecule has 0 aliphatic carbocycles. The first kappa shape index (κ1) is 14.3. The van der Waals surface area contributed by atoms with Gasteiger partial charge in [-0.1, -0.05) is 13.8 Å². The highest BCUT2D eigenvalue weighted by Gasteiger charge is 2.13. The van der Waals surface area contributed by atoms with Gasteiger partial charge in [-0.05, 0) is 12.0 Å². The Hall–Kier alpha value is -2.15. The lowest BCUT2D eigenvalue weighted by molar-refractivity contribution is 0.101. The highest BCUT2D eigenvalue weighted by molar-refractivity contribution is 6.01. The summed E-state index contributed by atoms with van der Waals surface area (Å²) in [5.74, 6) is 0.724. The van der Waals surface area contributed by atoms with Crippen LogP contribution < -0.4 is 5.32 Å². The molecule has 108 valence electrons. The molecule has 2 aromatic rings. The maximum atomic E-state index is 12.1. The minimum atomic E-state index is -0.281. The van der Waals surface area contributed by atoms with Gasteiger partial charge in [-0.15, -0.1) is 0 Å². The van der Waals surface area contributed by atoms with E-state index >= 15 is 0 Å². The Morgan fingerprint density at radius 1 is 1.45 bits per heavy atom. The molecule has 0 fully saturated rings. The molecule has 7 heteroatoms. The second kappa shape index (κ2) is 6.33. The van der Waals surface area contributed by atoms with E-state index in [9.17, 15) is 4.79 Å². The fraction of sp³-hybridized carbons (Fsp3) is 0.462. The fourth-order valence-electron chi connectivity index (χ4n) is 1.83. The highest BCUT2D eigenvalue weighted by atomic mass is 16.5. The van der Waals surface area contributed by atoms with Crippen LogP contribution in [-0.2, 0) is 18.0 Å². The summed E-state index contributed by atoms with van der Waals surface area (Å²) in [6.45, 7) is 5.33. The Balaban J connectivity index is 2.05. The molecule has 0 bridgehead atoms. The first-order valence-electron chi connectivity index (χ1n) is 6.45. The van der Waals surface area contributed by atoms with E-state index in [-0.39, 0.29) is 5.91 Å². The van der Waals surface area contributed by atoms with E-state index in [2.05, 4.69) is 29.2 Å². The van der Waals surface area contributed by atoms with Crippen LogP contribution in [0.15, 0.2) is 24.7 Å². The molecular formula is C13H19N5O2. The fourth-order valence-corrected chi connectivity index (χ4v) is 1.83. The van der Waals surface area contributed by atoms with Gasteiger partial charge in [0.25, 0.3) is 5.91 Å². The zero-order valence-corrected chi connectivity index (χ0v) is 11.9. The number of imidazole rings is 1. The third-order valence-electron chi connectivity index (χ3n) is 2.64. The van der Waals surface area contributed by atoms with Crippen LogP contribution in [0.25, 0.3) is 0 Å². The molecule has 2 aromatic heterocycles. The van der Waals surface area contributed by atoms with Crippen LogP contribution >= 0.6 is 0 Å². The van der Waals surface area contributed by atoms with Crippen molar-refractivity contribution in [3.63, 3.8) is 0 Å². The zero-order chi connectivity index (χ0) is 14.5. The second-order valence-electron chi connectivity index (χ2n) is 4.91. The molecule has 2 rings (SSSR count). The normalized spacial score (nSPS) is 11.0. The van der Waals surface area contributed by atoms with Crippen molar-refractivity contribution in [2.45, 2.75) is 27.1 Å². The summed E-state index contributed by atoms with van der Waals surface area (Å²) in [6, 6.07) is 1.64. The number of nitrogens with one attached hydrogen (secondary N) is 1. The number of rotatable bonds is 6. The van der Waals surface area contributed by atoms with E-state index in [4.69, 9.17) is 4.74 Å². The topological polar surface area (TPSA) is 74.0 Å². The summed E-state index contributed by atoms with van der Waals surface area (Å²) in [7, 11) is 1.57. The van der Waals surface area contributed by atoms with Gasteiger partial charge < -0.3 is 9.30 Å². The SMILES string of the molecule is COCn1ccc(C(=O)Nc2nccn2CC(C)C)n1. The molecule has 0 saturated heterocycles. The third-order valence-corrected chi connectivity index (χ3v) is 2.64.